The van der Waals surface area contributed by atoms with Crippen LogP contribution in [0.15, 0.2) is 5.16 Å². The van der Waals surface area contributed by atoms with Gasteiger partial charge in [0, 0.05) is 17.2 Å². The third kappa shape index (κ3) is 5.62. The van der Waals surface area contributed by atoms with Gasteiger partial charge in [-0.25, -0.2) is 0 Å². The first-order valence-electron chi connectivity index (χ1n) is 2.96. The summed E-state index contributed by atoms with van der Waals surface area (Å²) in [5.74, 6) is 1.42. The van der Waals surface area contributed by atoms with Gasteiger partial charge < -0.3 is 10.6 Å². The van der Waals surface area contributed by atoms with E-state index in [1.54, 1.807) is 25.6 Å². The summed E-state index contributed by atoms with van der Waals surface area (Å²) in [5, 5.41) is 18.3. The third-order valence-corrected chi connectivity index (χ3v) is 2.06. The first kappa shape index (κ1) is 9.49. The molecule has 0 aromatic carbocycles. The average molecular weight is 160 g/mol. The van der Waals surface area contributed by atoms with Gasteiger partial charge in [-0.15, -0.1) is 11.8 Å². The summed E-state index contributed by atoms with van der Waals surface area (Å²) in [5.41, 5.74) is 1.35. The van der Waals surface area contributed by atoms with Crippen molar-refractivity contribution >= 4 is 23.2 Å². The molecule has 4 heteroatoms. The van der Waals surface area contributed by atoms with Crippen LogP contribution >= 0.6 is 11.8 Å². The lowest BCUT2D eigenvalue weighted by molar-refractivity contribution is 0.318. The Morgan fingerprint density at radius 2 is 2.10 bits per heavy atom. The molecule has 58 valence electrons. The summed E-state index contributed by atoms with van der Waals surface area (Å²) in [6, 6.07) is 0. The Balaban J connectivity index is 3.29. The smallest absolute Gasteiger partial charge is 0.0638 e. The molecule has 0 bridgehead atoms. The highest BCUT2D eigenvalue weighted by Gasteiger charge is 1.92. The zero-order valence-corrected chi connectivity index (χ0v) is 7.03. The molecule has 0 saturated heterocycles. The highest BCUT2D eigenvalue weighted by molar-refractivity contribution is 8.00. The Kier molecular flexibility index (Phi) is 5.02. The number of nitrogens with one attached hydrogen (secondary N) is 1. The van der Waals surface area contributed by atoms with Crippen molar-refractivity contribution in [2.75, 3.05) is 11.5 Å². The summed E-state index contributed by atoms with van der Waals surface area (Å²) in [7, 11) is 0. The molecule has 0 fully saturated rings. The zero-order valence-electron chi connectivity index (χ0n) is 6.22. The lowest BCUT2D eigenvalue weighted by Crippen LogP contribution is -1.99. The van der Waals surface area contributed by atoms with Gasteiger partial charge in [-0.2, -0.15) is 0 Å². The molecule has 0 rings (SSSR count). The number of hydrogen-bond donors (Lipinski definition) is 2. The number of oxime groups is 1. The van der Waals surface area contributed by atoms with E-state index in [0.717, 1.165) is 0 Å². The first-order valence-corrected chi connectivity index (χ1v) is 4.11. The van der Waals surface area contributed by atoms with Gasteiger partial charge in [-0.05, 0) is 13.8 Å². The Morgan fingerprint density at radius 3 is 2.50 bits per heavy atom. The maximum atomic E-state index is 8.22. The second kappa shape index (κ2) is 5.29. The van der Waals surface area contributed by atoms with Crippen molar-refractivity contribution in [3.63, 3.8) is 0 Å². The normalized spacial score (nSPS) is 11.6. The van der Waals surface area contributed by atoms with Crippen LogP contribution in [0.4, 0.5) is 0 Å². The quantitative estimate of drug-likeness (QED) is 0.373. The number of nitrogens with zero attached hydrogens (tertiary/aromatic N) is 1. The molecule has 0 saturated carbocycles. The van der Waals surface area contributed by atoms with Gasteiger partial charge in [-0.1, -0.05) is 5.16 Å². The molecule has 0 aliphatic carbocycles. The van der Waals surface area contributed by atoms with E-state index in [-0.39, 0.29) is 0 Å². The summed E-state index contributed by atoms with van der Waals surface area (Å²) >= 11 is 1.58. The van der Waals surface area contributed by atoms with E-state index in [4.69, 9.17) is 10.6 Å². The molecule has 0 aliphatic rings. The number of thioether (sulfide) groups is 1. The van der Waals surface area contributed by atoms with Crippen LogP contribution in [0.2, 0.25) is 0 Å². The largest absolute Gasteiger partial charge is 0.411 e. The van der Waals surface area contributed by atoms with E-state index in [9.17, 15) is 0 Å². The lowest BCUT2D eigenvalue weighted by Gasteiger charge is -1.96. The van der Waals surface area contributed by atoms with Crippen LogP contribution in [-0.2, 0) is 0 Å². The van der Waals surface area contributed by atoms with E-state index < -0.39 is 0 Å². The Bertz CT molecular complexity index is 145. The molecule has 0 radical (unpaired) electrons. The Hall–Kier alpha value is -0.510. The first-order chi connectivity index (χ1) is 4.66. The van der Waals surface area contributed by atoms with Gasteiger partial charge >= 0.3 is 0 Å². The van der Waals surface area contributed by atoms with Gasteiger partial charge in [0.25, 0.3) is 0 Å². The molecule has 0 spiro atoms. The fourth-order valence-electron chi connectivity index (χ4n) is 0.381. The van der Waals surface area contributed by atoms with Gasteiger partial charge in [0.1, 0.15) is 0 Å². The van der Waals surface area contributed by atoms with Crippen molar-refractivity contribution in [3.05, 3.63) is 0 Å². The molecule has 0 aromatic rings. The standard InChI is InChI=1S/C6H12N2OS/c1-5(7)3-10-4-6(2)8-9/h7,9H,3-4H2,1-2H3/b7-5?,8-6+. The highest BCUT2D eigenvalue weighted by atomic mass is 32.2. The lowest BCUT2D eigenvalue weighted by atomic mass is 10.5. The minimum Gasteiger partial charge on any atom is -0.411 e. The minimum atomic E-state index is 0.649. The molecular formula is C6H12N2OS. The van der Waals surface area contributed by atoms with E-state index >= 15 is 0 Å². The summed E-state index contributed by atoms with van der Waals surface area (Å²) < 4.78 is 0. The summed E-state index contributed by atoms with van der Waals surface area (Å²) in [6.45, 7) is 3.52. The molecular weight excluding hydrogens is 148 g/mol. The molecule has 0 aromatic heterocycles. The Labute approximate surface area is 65.0 Å². The second-order valence-electron chi connectivity index (χ2n) is 2.11. The van der Waals surface area contributed by atoms with E-state index in [1.807, 2.05) is 0 Å². The van der Waals surface area contributed by atoms with Crippen molar-refractivity contribution in [1.29, 1.82) is 5.41 Å². The van der Waals surface area contributed by atoms with Gasteiger partial charge in [0.2, 0.25) is 0 Å². The second-order valence-corrected chi connectivity index (χ2v) is 3.09. The van der Waals surface area contributed by atoms with E-state index in [0.29, 0.717) is 22.9 Å². The van der Waals surface area contributed by atoms with Gasteiger partial charge in [0.05, 0.1) is 5.71 Å². The van der Waals surface area contributed by atoms with Crippen LogP contribution in [0.3, 0.4) is 0 Å². The van der Waals surface area contributed by atoms with Crippen LogP contribution in [0, 0.1) is 5.41 Å². The number of rotatable bonds is 4. The van der Waals surface area contributed by atoms with Crippen LogP contribution < -0.4 is 0 Å². The number of hydrogen-bond acceptors (Lipinski definition) is 4. The SMILES string of the molecule is CC(=N)CSC/C(C)=N/O. The molecule has 2 N–H and O–H groups in total. The van der Waals surface area contributed by atoms with Crippen LogP contribution in [0.25, 0.3) is 0 Å². The fraction of sp³-hybridized carbons (Fsp3) is 0.667. The van der Waals surface area contributed by atoms with Gasteiger partial charge in [0.15, 0.2) is 0 Å². The van der Waals surface area contributed by atoms with Crippen LogP contribution in [-0.4, -0.2) is 28.1 Å². The fourth-order valence-corrected chi connectivity index (χ4v) is 1.14. The molecule has 0 unspecified atom stereocenters. The molecule has 0 amide bonds. The zero-order chi connectivity index (χ0) is 7.98. The summed E-state index contributed by atoms with van der Waals surface area (Å²) in [6.07, 6.45) is 0. The predicted molar refractivity (Wildman–Crippen MR) is 45.6 cm³/mol. The van der Waals surface area contributed by atoms with Crippen molar-refractivity contribution in [2.45, 2.75) is 13.8 Å². The molecule has 0 aliphatic heterocycles. The predicted octanol–water partition coefficient (Wildman–Crippen LogP) is 1.61. The summed E-state index contributed by atoms with van der Waals surface area (Å²) in [4.78, 5) is 0. The topological polar surface area (TPSA) is 56.4 Å². The maximum absolute atomic E-state index is 8.22. The van der Waals surface area contributed by atoms with Crippen LogP contribution in [0.1, 0.15) is 13.8 Å². The van der Waals surface area contributed by atoms with Crippen LogP contribution in [0.5, 0.6) is 0 Å². The maximum Gasteiger partial charge on any atom is 0.0638 e. The average Bonchev–Trinajstić information content (AvgIpc) is 1.87. The Morgan fingerprint density at radius 1 is 1.50 bits per heavy atom. The monoisotopic (exact) mass is 160 g/mol. The van der Waals surface area contributed by atoms with Gasteiger partial charge in [-0.3, -0.25) is 0 Å². The van der Waals surface area contributed by atoms with E-state index in [2.05, 4.69) is 5.16 Å². The molecule has 0 atom stereocenters. The molecule has 3 nitrogen and oxygen atoms in total. The van der Waals surface area contributed by atoms with Crippen molar-refractivity contribution in [1.82, 2.24) is 0 Å². The van der Waals surface area contributed by atoms with E-state index in [1.165, 1.54) is 0 Å². The van der Waals surface area contributed by atoms with Crippen molar-refractivity contribution < 1.29 is 5.21 Å². The third-order valence-electron chi connectivity index (χ3n) is 0.800. The molecule has 10 heavy (non-hydrogen) atoms. The molecule has 0 heterocycles. The highest BCUT2D eigenvalue weighted by Crippen LogP contribution is 2.00. The van der Waals surface area contributed by atoms with Crippen molar-refractivity contribution in [3.8, 4) is 0 Å². The minimum absolute atomic E-state index is 0.649. The van der Waals surface area contributed by atoms with Crippen molar-refractivity contribution in [2.24, 2.45) is 5.16 Å².